The summed E-state index contributed by atoms with van der Waals surface area (Å²) in [4.78, 5) is 46.1. The van der Waals surface area contributed by atoms with Crippen molar-refractivity contribution in [1.29, 1.82) is 0 Å². The zero-order valence-electron chi connectivity index (χ0n) is 14.6. The van der Waals surface area contributed by atoms with Crippen molar-refractivity contribution >= 4 is 75.7 Å². The van der Waals surface area contributed by atoms with Crippen LogP contribution < -0.4 is 6.54 Å². The number of benzene rings is 1. The Morgan fingerprint density at radius 1 is 0.571 bits per heavy atom. The Morgan fingerprint density at radius 2 is 0.786 bits per heavy atom. The quantitative estimate of drug-likeness (QED) is 0.242. The predicted octanol–water partition coefficient (Wildman–Crippen LogP) is -0.00620. The first-order valence-electron chi connectivity index (χ1n) is 7.42. The number of rotatable bonds is 10. The molecule has 1 rings (SSSR count). The Hall–Kier alpha value is -2.17. The second-order valence-electron chi connectivity index (χ2n) is 4.49. The predicted molar refractivity (Wildman–Crippen MR) is 102 cm³/mol. The van der Waals surface area contributed by atoms with Crippen molar-refractivity contribution < 1.29 is 30.4 Å². The summed E-state index contributed by atoms with van der Waals surface area (Å²) in [6.07, 6.45) is 3.87. The van der Waals surface area contributed by atoms with Crippen LogP contribution in [-0.2, 0) is 30.4 Å². The van der Waals surface area contributed by atoms with Gasteiger partial charge >= 0.3 is 181 Å². The van der Waals surface area contributed by atoms with Crippen LogP contribution in [0.5, 0.6) is 0 Å². The minimum atomic E-state index is -3.67. The van der Waals surface area contributed by atoms with Crippen molar-refractivity contribution in [3.63, 3.8) is 0 Å². The Bertz CT molecular complexity index is 689. The number of hydrogen-bond acceptors (Lipinski definition) is 8. The first kappa shape index (κ1) is 23.9. The summed E-state index contributed by atoms with van der Waals surface area (Å²) < 4.78 is 21.8. The third-order valence-corrected chi connectivity index (χ3v) is 13.6. The summed E-state index contributed by atoms with van der Waals surface area (Å²) >= 11 is -7.34. The topological polar surface area (TPSA) is 105 Å². The molecule has 0 fully saturated rings. The third-order valence-electron chi connectivity index (χ3n) is 2.63. The van der Waals surface area contributed by atoms with E-state index >= 15 is 0 Å². The van der Waals surface area contributed by atoms with E-state index in [0.717, 1.165) is 24.3 Å². The summed E-state index contributed by atoms with van der Waals surface area (Å²) in [7, 11) is 0. The Labute approximate surface area is 179 Å². The normalized spacial score (nSPS) is 9.79. The molecule has 8 nitrogen and oxygen atoms in total. The van der Waals surface area contributed by atoms with Crippen molar-refractivity contribution in [3.8, 4) is 0 Å². The summed E-state index contributed by atoms with van der Waals surface area (Å²) in [6.45, 7) is 13.2. The van der Waals surface area contributed by atoms with Crippen LogP contribution in [0.3, 0.4) is 0 Å². The van der Waals surface area contributed by atoms with Crippen LogP contribution >= 0.6 is 0 Å². The molecular formula is C18H16Bi2O8. The van der Waals surface area contributed by atoms with Crippen LogP contribution in [0.15, 0.2) is 74.9 Å². The van der Waals surface area contributed by atoms with Gasteiger partial charge in [0.1, 0.15) is 0 Å². The summed E-state index contributed by atoms with van der Waals surface area (Å²) in [5.74, 6) is -2.85. The van der Waals surface area contributed by atoms with Crippen LogP contribution in [0.4, 0.5) is 0 Å². The second-order valence-corrected chi connectivity index (χ2v) is 15.3. The number of hydrogen-bond donors (Lipinski definition) is 0. The molecule has 0 aliphatic carbocycles. The zero-order valence-corrected chi connectivity index (χ0v) is 21.6. The fourth-order valence-corrected chi connectivity index (χ4v) is 10.1. The van der Waals surface area contributed by atoms with Crippen molar-refractivity contribution in [2.24, 2.45) is 0 Å². The summed E-state index contributed by atoms with van der Waals surface area (Å²) in [6, 6.07) is 6.25. The van der Waals surface area contributed by atoms with E-state index in [1.165, 1.54) is 0 Å². The van der Waals surface area contributed by atoms with Crippen LogP contribution in [0.2, 0.25) is 0 Å². The molecule has 0 bridgehead atoms. The molecule has 0 aliphatic heterocycles. The third kappa shape index (κ3) is 7.83. The van der Waals surface area contributed by atoms with Crippen molar-refractivity contribution in [2.75, 3.05) is 0 Å². The van der Waals surface area contributed by atoms with E-state index in [-0.39, 0.29) is 0 Å². The molecule has 0 saturated carbocycles. The van der Waals surface area contributed by atoms with Crippen molar-refractivity contribution in [1.82, 2.24) is 0 Å². The number of carbonyl (C=O) groups is 4. The van der Waals surface area contributed by atoms with Crippen LogP contribution in [0, 0.1) is 0 Å². The molecule has 1 aromatic carbocycles. The van der Waals surface area contributed by atoms with Gasteiger partial charge in [0.25, 0.3) is 0 Å². The maximum atomic E-state index is 11.5. The van der Waals surface area contributed by atoms with Gasteiger partial charge in [0.15, 0.2) is 0 Å². The minimum absolute atomic E-state index is 0.512. The van der Waals surface area contributed by atoms with Gasteiger partial charge in [0.05, 0.1) is 0 Å². The molecule has 0 atom stereocenters. The molecule has 1 aromatic rings. The molecule has 10 heteroatoms. The molecule has 146 valence electrons. The van der Waals surface area contributed by atoms with Gasteiger partial charge in [-0.3, -0.25) is 0 Å². The zero-order chi connectivity index (χ0) is 21.1. The molecule has 0 aromatic heterocycles. The molecule has 0 heterocycles. The van der Waals surface area contributed by atoms with E-state index in [9.17, 15) is 19.2 Å². The summed E-state index contributed by atoms with van der Waals surface area (Å²) in [5, 5.41) is 0. The molecule has 0 aliphatic rings. The maximum absolute atomic E-state index is 11.5. The fraction of sp³-hybridized carbons (Fsp3) is 0. The van der Waals surface area contributed by atoms with Crippen LogP contribution in [0.1, 0.15) is 0 Å². The van der Waals surface area contributed by atoms with Gasteiger partial charge < -0.3 is 0 Å². The Morgan fingerprint density at radius 3 is 0.964 bits per heavy atom. The van der Waals surface area contributed by atoms with Gasteiger partial charge in [0.2, 0.25) is 0 Å². The molecular weight excluding hydrogens is 762 g/mol. The molecule has 0 amide bonds. The molecule has 0 unspecified atom stereocenters. The molecule has 0 N–H and O–H groups in total. The van der Waals surface area contributed by atoms with E-state index in [1.807, 2.05) is 0 Å². The summed E-state index contributed by atoms with van der Waals surface area (Å²) in [5.41, 5.74) is 0. The molecule has 0 radical (unpaired) electrons. The monoisotopic (exact) mass is 778 g/mol. The van der Waals surface area contributed by atoms with Gasteiger partial charge in [-0.05, 0) is 0 Å². The van der Waals surface area contributed by atoms with E-state index < -0.39 is 69.1 Å². The fourth-order valence-electron chi connectivity index (χ4n) is 1.42. The standard InChI is InChI=1S/C6H4.4C3H4O2.2Bi/c1-2-4-6-5-3-1;4*1-2-3(4)5;;/h1-2,5-6H;4*2H,1H2,(H,4,5);;/q;;;;;2*+2/p-4. The number of carbonyl (C=O) groups excluding carboxylic acids is 4. The van der Waals surface area contributed by atoms with E-state index in [2.05, 4.69) is 26.3 Å². The molecule has 0 saturated heterocycles. The van der Waals surface area contributed by atoms with Gasteiger partial charge in [-0.2, -0.15) is 0 Å². The average molecular weight is 778 g/mol. The molecule has 0 spiro atoms. The van der Waals surface area contributed by atoms with Crippen LogP contribution in [-0.4, -0.2) is 69.1 Å². The Kier molecular flexibility index (Phi) is 10.5. The molecule has 28 heavy (non-hydrogen) atoms. The van der Waals surface area contributed by atoms with Crippen LogP contribution in [0.25, 0.3) is 0 Å². The first-order valence-corrected chi connectivity index (χ1v) is 16.6. The van der Waals surface area contributed by atoms with E-state index in [0.29, 0.717) is 6.54 Å². The Balaban J connectivity index is 3.12. The van der Waals surface area contributed by atoms with Gasteiger partial charge in [0, 0.05) is 0 Å². The van der Waals surface area contributed by atoms with Gasteiger partial charge in [-0.1, -0.05) is 0 Å². The van der Waals surface area contributed by atoms with Gasteiger partial charge in [-0.25, -0.2) is 0 Å². The van der Waals surface area contributed by atoms with Gasteiger partial charge in [-0.15, -0.1) is 0 Å². The second kappa shape index (κ2) is 12.3. The SMILES string of the molecule is C=CC(=O)[O][Bi]([O]C(=O)C=C)[c]1cc[c]([Bi]([O]C(=O)C=C)[O]C(=O)C=C)cc1. The average Bonchev–Trinajstić information content (AvgIpc) is 2.72. The van der Waals surface area contributed by atoms with E-state index in [1.54, 1.807) is 24.3 Å². The van der Waals surface area contributed by atoms with Crippen molar-refractivity contribution in [3.05, 3.63) is 74.9 Å². The van der Waals surface area contributed by atoms with Crippen molar-refractivity contribution in [2.45, 2.75) is 0 Å². The van der Waals surface area contributed by atoms with E-state index in [4.69, 9.17) is 11.3 Å². The first-order chi connectivity index (χ1) is 13.3.